The summed E-state index contributed by atoms with van der Waals surface area (Å²) < 4.78 is 6.32. The molecule has 16 heavy (non-hydrogen) atoms. The van der Waals surface area contributed by atoms with E-state index in [0.29, 0.717) is 12.5 Å². The third-order valence-corrected chi connectivity index (χ3v) is 8.11. The van der Waals surface area contributed by atoms with Crippen molar-refractivity contribution < 1.29 is 9.22 Å². The predicted octanol–water partition coefficient (Wildman–Crippen LogP) is 4.16. The highest BCUT2D eigenvalue weighted by molar-refractivity contribution is 6.74. The van der Waals surface area contributed by atoms with Crippen LogP contribution in [0.3, 0.4) is 0 Å². The van der Waals surface area contributed by atoms with Gasteiger partial charge in [-0.1, -0.05) is 27.7 Å². The Morgan fingerprint density at radius 1 is 1.31 bits per heavy atom. The molecule has 2 nitrogen and oxygen atoms in total. The minimum atomic E-state index is -1.64. The Hall–Kier alpha value is -0.153. The first-order valence-corrected chi connectivity index (χ1v) is 9.27. The largest absolute Gasteiger partial charge is 0.414 e. The van der Waals surface area contributed by atoms with Crippen LogP contribution in [0, 0.1) is 0 Å². The molecule has 0 N–H and O–H groups in total. The lowest BCUT2D eigenvalue weighted by Gasteiger charge is -2.39. The van der Waals surface area contributed by atoms with Gasteiger partial charge in [-0.05, 0) is 37.4 Å². The zero-order chi connectivity index (χ0) is 12.8. The molecule has 0 amide bonds. The van der Waals surface area contributed by atoms with E-state index >= 15 is 0 Å². The molecule has 0 aromatic carbocycles. The standard InChI is InChI=1S/C13H28O2Si/c1-7-12(10-8-9-11-14)15-16(5,6)13(2,3)4/h11-12H,7-10H2,1-6H3/t12-/m0/s1. The van der Waals surface area contributed by atoms with Gasteiger partial charge in [0.2, 0.25) is 0 Å². The molecule has 0 aromatic heterocycles. The van der Waals surface area contributed by atoms with Gasteiger partial charge >= 0.3 is 0 Å². The highest BCUT2D eigenvalue weighted by Gasteiger charge is 2.38. The van der Waals surface area contributed by atoms with E-state index in [2.05, 4.69) is 40.8 Å². The third kappa shape index (κ3) is 5.26. The van der Waals surface area contributed by atoms with E-state index in [1.165, 1.54) is 0 Å². The molecule has 0 spiro atoms. The molecule has 0 rings (SSSR count). The molecular formula is C13H28O2Si. The van der Waals surface area contributed by atoms with Gasteiger partial charge in [0.25, 0.3) is 0 Å². The second-order valence-corrected chi connectivity index (χ2v) is 10.8. The van der Waals surface area contributed by atoms with Gasteiger partial charge in [0.1, 0.15) is 6.29 Å². The van der Waals surface area contributed by atoms with Gasteiger partial charge in [0.05, 0.1) is 0 Å². The van der Waals surface area contributed by atoms with Gasteiger partial charge in [0.15, 0.2) is 8.32 Å². The molecule has 0 aliphatic carbocycles. The Balaban J connectivity index is 4.25. The molecule has 0 bridgehead atoms. The fourth-order valence-electron chi connectivity index (χ4n) is 1.37. The minimum Gasteiger partial charge on any atom is -0.414 e. The molecule has 0 radical (unpaired) electrons. The molecule has 0 aliphatic rings. The minimum absolute atomic E-state index is 0.269. The van der Waals surface area contributed by atoms with Crippen molar-refractivity contribution in [2.24, 2.45) is 0 Å². The third-order valence-electron chi connectivity index (χ3n) is 3.57. The number of carbonyl (C=O) groups is 1. The van der Waals surface area contributed by atoms with Crippen molar-refractivity contribution in [3.05, 3.63) is 0 Å². The molecular weight excluding hydrogens is 216 g/mol. The molecule has 96 valence electrons. The van der Waals surface area contributed by atoms with Crippen LogP contribution in [0.4, 0.5) is 0 Å². The molecule has 0 unspecified atom stereocenters. The van der Waals surface area contributed by atoms with E-state index in [1.54, 1.807) is 0 Å². The van der Waals surface area contributed by atoms with Crippen molar-refractivity contribution in [1.82, 2.24) is 0 Å². The molecule has 0 heterocycles. The maximum atomic E-state index is 10.3. The zero-order valence-electron chi connectivity index (χ0n) is 11.8. The SMILES string of the molecule is CC[C@@H](CCCC=O)O[Si](C)(C)C(C)(C)C. The summed E-state index contributed by atoms with van der Waals surface area (Å²) in [5, 5.41) is 0.269. The van der Waals surface area contributed by atoms with Gasteiger partial charge in [-0.3, -0.25) is 0 Å². The van der Waals surface area contributed by atoms with Gasteiger partial charge in [-0.25, -0.2) is 0 Å². The average molecular weight is 244 g/mol. The van der Waals surface area contributed by atoms with E-state index < -0.39 is 8.32 Å². The number of unbranched alkanes of at least 4 members (excludes halogenated alkanes) is 1. The van der Waals surface area contributed by atoms with Crippen molar-refractivity contribution in [2.75, 3.05) is 0 Å². The molecule has 1 atom stereocenters. The van der Waals surface area contributed by atoms with E-state index in [0.717, 1.165) is 25.5 Å². The van der Waals surface area contributed by atoms with Crippen LogP contribution in [0.25, 0.3) is 0 Å². The van der Waals surface area contributed by atoms with Gasteiger partial charge < -0.3 is 9.22 Å². The van der Waals surface area contributed by atoms with Crippen LogP contribution < -0.4 is 0 Å². The van der Waals surface area contributed by atoms with Crippen molar-refractivity contribution >= 4 is 14.6 Å². The lowest BCUT2D eigenvalue weighted by Crippen LogP contribution is -2.43. The molecule has 0 aromatic rings. The van der Waals surface area contributed by atoms with Crippen LogP contribution in [0.2, 0.25) is 18.1 Å². The average Bonchev–Trinajstić information content (AvgIpc) is 2.14. The van der Waals surface area contributed by atoms with Crippen LogP contribution in [0.15, 0.2) is 0 Å². The predicted molar refractivity (Wildman–Crippen MR) is 72.3 cm³/mol. The maximum absolute atomic E-state index is 10.3. The summed E-state index contributed by atoms with van der Waals surface area (Å²) >= 11 is 0. The highest BCUT2D eigenvalue weighted by Crippen LogP contribution is 2.38. The summed E-state index contributed by atoms with van der Waals surface area (Å²) in [6.07, 6.45) is 5.01. The number of hydrogen-bond donors (Lipinski definition) is 0. The van der Waals surface area contributed by atoms with E-state index in [-0.39, 0.29) is 5.04 Å². The van der Waals surface area contributed by atoms with E-state index in [1.807, 2.05) is 0 Å². The zero-order valence-corrected chi connectivity index (χ0v) is 12.8. The summed E-state index contributed by atoms with van der Waals surface area (Å²) in [6, 6.07) is 0. The normalized spacial score (nSPS) is 14.9. The Morgan fingerprint density at radius 3 is 2.25 bits per heavy atom. The molecule has 0 saturated heterocycles. The first-order chi connectivity index (χ1) is 7.24. The van der Waals surface area contributed by atoms with Gasteiger partial charge in [0, 0.05) is 12.5 Å². The topological polar surface area (TPSA) is 26.3 Å². The molecule has 0 aliphatic heterocycles. The lowest BCUT2D eigenvalue weighted by molar-refractivity contribution is -0.108. The first kappa shape index (κ1) is 15.8. The number of rotatable bonds is 7. The van der Waals surface area contributed by atoms with E-state index in [4.69, 9.17) is 4.43 Å². The van der Waals surface area contributed by atoms with Crippen molar-refractivity contribution in [2.45, 2.75) is 77.6 Å². The Morgan fingerprint density at radius 2 is 1.88 bits per heavy atom. The maximum Gasteiger partial charge on any atom is 0.192 e. The summed E-state index contributed by atoms with van der Waals surface area (Å²) in [5.41, 5.74) is 0. The van der Waals surface area contributed by atoms with Crippen molar-refractivity contribution in [1.29, 1.82) is 0 Å². The monoisotopic (exact) mass is 244 g/mol. The van der Waals surface area contributed by atoms with Crippen molar-refractivity contribution in [3.63, 3.8) is 0 Å². The summed E-state index contributed by atoms with van der Waals surface area (Å²) in [5.74, 6) is 0. The van der Waals surface area contributed by atoms with Crippen LogP contribution in [-0.2, 0) is 9.22 Å². The number of carbonyl (C=O) groups excluding carboxylic acids is 1. The second kappa shape index (κ2) is 6.55. The Bertz CT molecular complexity index is 206. The summed E-state index contributed by atoms with van der Waals surface area (Å²) in [4.78, 5) is 10.3. The fourth-order valence-corrected chi connectivity index (χ4v) is 2.84. The smallest absolute Gasteiger partial charge is 0.192 e. The second-order valence-electron chi connectivity index (χ2n) is 6.01. The van der Waals surface area contributed by atoms with Crippen LogP contribution in [0.5, 0.6) is 0 Å². The van der Waals surface area contributed by atoms with Gasteiger partial charge in [-0.2, -0.15) is 0 Å². The quantitative estimate of drug-likeness (QED) is 0.382. The summed E-state index contributed by atoms with van der Waals surface area (Å²) in [7, 11) is -1.64. The number of hydrogen-bond acceptors (Lipinski definition) is 2. The van der Waals surface area contributed by atoms with Gasteiger partial charge in [-0.15, -0.1) is 0 Å². The lowest BCUT2D eigenvalue weighted by atomic mass is 10.1. The Labute approximate surface area is 102 Å². The molecule has 0 fully saturated rings. The first-order valence-electron chi connectivity index (χ1n) is 6.36. The van der Waals surface area contributed by atoms with Crippen LogP contribution >= 0.6 is 0 Å². The molecule has 0 saturated carbocycles. The summed E-state index contributed by atoms with van der Waals surface area (Å²) in [6.45, 7) is 13.5. The van der Waals surface area contributed by atoms with Crippen LogP contribution in [0.1, 0.15) is 53.4 Å². The Kier molecular flexibility index (Phi) is 6.49. The van der Waals surface area contributed by atoms with E-state index in [9.17, 15) is 4.79 Å². The number of aldehydes is 1. The molecule has 3 heteroatoms. The van der Waals surface area contributed by atoms with Crippen molar-refractivity contribution in [3.8, 4) is 0 Å². The fraction of sp³-hybridized carbons (Fsp3) is 0.923. The van der Waals surface area contributed by atoms with Crippen LogP contribution in [-0.4, -0.2) is 20.7 Å². The highest BCUT2D eigenvalue weighted by atomic mass is 28.4.